The second-order valence-electron chi connectivity index (χ2n) is 5.39. The van der Waals surface area contributed by atoms with Crippen LogP contribution >= 0.6 is 0 Å². The van der Waals surface area contributed by atoms with Gasteiger partial charge in [-0.1, -0.05) is 0 Å². The van der Waals surface area contributed by atoms with E-state index in [0.717, 1.165) is 4.31 Å². The minimum atomic E-state index is -3.88. The summed E-state index contributed by atoms with van der Waals surface area (Å²) in [5, 5.41) is 8.77. The van der Waals surface area contributed by atoms with Crippen LogP contribution in [0.5, 0.6) is 17.2 Å². The molecule has 3 rings (SSSR count). The molecule has 0 radical (unpaired) electrons. The van der Waals surface area contributed by atoms with Gasteiger partial charge in [0.15, 0.2) is 11.5 Å². The summed E-state index contributed by atoms with van der Waals surface area (Å²) >= 11 is 0. The van der Waals surface area contributed by atoms with Gasteiger partial charge in [0.1, 0.15) is 12.3 Å². The van der Waals surface area contributed by atoms with E-state index >= 15 is 0 Å². The van der Waals surface area contributed by atoms with Gasteiger partial charge >= 0.3 is 5.97 Å². The van der Waals surface area contributed by atoms with Crippen molar-refractivity contribution >= 4 is 16.0 Å². The number of sulfonamides is 1. The molecule has 0 amide bonds. The van der Waals surface area contributed by atoms with Crippen LogP contribution in [0.15, 0.2) is 47.4 Å². The Bertz CT molecular complexity index is 979. The molecule has 1 aliphatic rings. The highest BCUT2D eigenvalue weighted by Crippen LogP contribution is 2.35. The molecule has 0 spiro atoms. The third-order valence-corrected chi connectivity index (χ3v) is 5.44. The van der Waals surface area contributed by atoms with Gasteiger partial charge < -0.3 is 14.2 Å². The largest absolute Gasteiger partial charge is 0.454 e. The minimum absolute atomic E-state index is 0.0186. The Kier molecular flexibility index (Phi) is 4.79. The van der Waals surface area contributed by atoms with Crippen LogP contribution in [0.4, 0.5) is 0 Å². The number of fused-ring (bicyclic) bond motifs is 1. The van der Waals surface area contributed by atoms with E-state index in [4.69, 9.17) is 19.5 Å². The average molecular weight is 374 g/mol. The van der Waals surface area contributed by atoms with Crippen molar-refractivity contribution in [3.8, 4) is 23.3 Å². The Labute approximate surface area is 150 Å². The lowest BCUT2D eigenvalue weighted by atomic mass is 10.2. The summed E-state index contributed by atoms with van der Waals surface area (Å²) in [5.74, 6) is 0.478. The molecule has 9 heteroatoms. The van der Waals surface area contributed by atoms with Gasteiger partial charge in [-0.25, -0.2) is 8.42 Å². The molecule has 134 valence electrons. The average Bonchev–Trinajstić information content (AvgIpc) is 3.09. The van der Waals surface area contributed by atoms with Crippen LogP contribution in [0.1, 0.15) is 5.56 Å². The lowest BCUT2D eigenvalue weighted by molar-refractivity contribution is -0.134. The zero-order valence-electron chi connectivity index (χ0n) is 13.7. The Morgan fingerprint density at radius 1 is 1.19 bits per heavy atom. The second kappa shape index (κ2) is 7.03. The zero-order valence-corrected chi connectivity index (χ0v) is 14.5. The number of benzene rings is 2. The van der Waals surface area contributed by atoms with Gasteiger partial charge in [-0.05, 0) is 36.4 Å². The van der Waals surface area contributed by atoms with Crippen molar-refractivity contribution in [3.05, 3.63) is 48.0 Å². The van der Waals surface area contributed by atoms with Gasteiger partial charge in [0.2, 0.25) is 16.8 Å². The van der Waals surface area contributed by atoms with Crippen LogP contribution < -0.4 is 14.2 Å². The topological polar surface area (TPSA) is 106 Å². The maximum Gasteiger partial charge on any atom is 0.326 e. The van der Waals surface area contributed by atoms with Gasteiger partial charge in [-0.15, -0.1) is 0 Å². The van der Waals surface area contributed by atoms with E-state index < -0.39 is 22.5 Å². The molecular weight excluding hydrogens is 360 g/mol. The normalized spacial score (nSPS) is 12.7. The number of rotatable bonds is 5. The van der Waals surface area contributed by atoms with Gasteiger partial charge in [0, 0.05) is 13.1 Å². The number of carbonyl (C=O) groups is 1. The van der Waals surface area contributed by atoms with E-state index in [0.29, 0.717) is 17.1 Å². The summed E-state index contributed by atoms with van der Waals surface area (Å²) in [6, 6.07) is 11.9. The molecule has 8 nitrogen and oxygen atoms in total. The molecule has 0 saturated carbocycles. The standard InChI is InChI=1S/C17H14N2O6S/c1-19(26(21,22)14-5-2-12(9-18)3-6-14)10-17(20)25-13-4-7-15-16(8-13)24-11-23-15/h2-8H,10-11H2,1H3. The van der Waals surface area contributed by atoms with Crippen molar-refractivity contribution in [2.75, 3.05) is 20.4 Å². The molecule has 0 aromatic heterocycles. The maximum absolute atomic E-state index is 12.5. The van der Waals surface area contributed by atoms with Crippen LogP contribution in [0.25, 0.3) is 0 Å². The Morgan fingerprint density at radius 3 is 2.58 bits per heavy atom. The quantitative estimate of drug-likeness (QED) is 0.577. The molecule has 0 bridgehead atoms. The fourth-order valence-electron chi connectivity index (χ4n) is 2.25. The van der Waals surface area contributed by atoms with Crippen molar-refractivity contribution in [1.82, 2.24) is 4.31 Å². The smallest absolute Gasteiger partial charge is 0.326 e. The monoisotopic (exact) mass is 374 g/mol. The van der Waals surface area contributed by atoms with Crippen LogP contribution in [-0.2, 0) is 14.8 Å². The second-order valence-corrected chi connectivity index (χ2v) is 7.43. The number of likely N-dealkylation sites (N-methyl/N-ethyl adjacent to an activating group) is 1. The highest BCUT2D eigenvalue weighted by Gasteiger charge is 2.24. The van der Waals surface area contributed by atoms with Gasteiger partial charge in [-0.3, -0.25) is 4.79 Å². The van der Waals surface area contributed by atoms with Crippen molar-refractivity contribution in [2.24, 2.45) is 0 Å². The Morgan fingerprint density at radius 2 is 1.88 bits per heavy atom. The van der Waals surface area contributed by atoms with Crippen LogP contribution in [0, 0.1) is 11.3 Å². The number of hydrogen-bond acceptors (Lipinski definition) is 7. The van der Waals surface area contributed by atoms with Gasteiger partial charge in [0.25, 0.3) is 0 Å². The first-order valence-electron chi connectivity index (χ1n) is 7.47. The summed E-state index contributed by atoms with van der Waals surface area (Å²) in [6.45, 7) is -0.380. The number of ether oxygens (including phenoxy) is 3. The van der Waals surface area contributed by atoms with Crippen molar-refractivity contribution < 1.29 is 27.4 Å². The first-order valence-corrected chi connectivity index (χ1v) is 8.91. The number of nitrogens with zero attached hydrogens (tertiary/aromatic N) is 2. The van der Waals surface area contributed by atoms with Gasteiger partial charge in [0.05, 0.1) is 16.5 Å². The summed E-state index contributed by atoms with van der Waals surface area (Å²) in [6.07, 6.45) is 0. The summed E-state index contributed by atoms with van der Waals surface area (Å²) < 4.78 is 41.3. The lowest BCUT2D eigenvalue weighted by Gasteiger charge is -2.16. The maximum atomic E-state index is 12.5. The highest BCUT2D eigenvalue weighted by atomic mass is 32.2. The first-order chi connectivity index (χ1) is 12.4. The SMILES string of the molecule is CN(CC(=O)Oc1ccc2c(c1)OCO2)S(=O)(=O)c1ccc(C#N)cc1. The Balaban J connectivity index is 1.67. The van der Waals surface area contributed by atoms with E-state index in [1.54, 1.807) is 6.07 Å². The molecule has 0 unspecified atom stereocenters. The molecule has 0 saturated heterocycles. The Hall–Kier alpha value is -3.09. The number of nitriles is 1. The predicted octanol–water partition coefficient (Wildman–Crippen LogP) is 1.51. The molecule has 0 atom stereocenters. The van der Waals surface area contributed by atoms with Crippen molar-refractivity contribution in [1.29, 1.82) is 5.26 Å². The number of esters is 1. The van der Waals surface area contributed by atoms with Crippen LogP contribution in [0.2, 0.25) is 0 Å². The van der Waals surface area contributed by atoms with E-state index in [9.17, 15) is 13.2 Å². The molecule has 2 aromatic rings. The van der Waals surface area contributed by atoms with E-state index in [-0.39, 0.29) is 17.4 Å². The van der Waals surface area contributed by atoms with Crippen LogP contribution in [-0.4, -0.2) is 39.1 Å². The lowest BCUT2D eigenvalue weighted by Crippen LogP contribution is -2.34. The molecule has 0 aliphatic carbocycles. The van der Waals surface area contributed by atoms with E-state index in [2.05, 4.69) is 0 Å². The van der Waals surface area contributed by atoms with Crippen molar-refractivity contribution in [2.45, 2.75) is 4.90 Å². The zero-order chi connectivity index (χ0) is 18.7. The highest BCUT2D eigenvalue weighted by molar-refractivity contribution is 7.89. The molecule has 26 heavy (non-hydrogen) atoms. The fraction of sp³-hybridized carbons (Fsp3) is 0.176. The molecular formula is C17H14N2O6S. The molecule has 2 aromatic carbocycles. The molecule has 1 aliphatic heterocycles. The molecule has 0 N–H and O–H groups in total. The summed E-state index contributed by atoms with van der Waals surface area (Å²) in [4.78, 5) is 12.0. The third kappa shape index (κ3) is 3.61. The van der Waals surface area contributed by atoms with E-state index in [1.165, 1.54) is 43.4 Å². The fourth-order valence-corrected chi connectivity index (χ4v) is 3.37. The molecule has 0 fully saturated rings. The minimum Gasteiger partial charge on any atom is -0.454 e. The van der Waals surface area contributed by atoms with Crippen LogP contribution in [0.3, 0.4) is 0 Å². The van der Waals surface area contributed by atoms with Crippen molar-refractivity contribution in [3.63, 3.8) is 0 Å². The summed E-state index contributed by atoms with van der Waals surface area (Å²) in [5.41, 5.74) is 0.342. The summed E-state index contributed by atoms with van der Waals surface area (Å²) in [7, 11) is -2.61. The molecule has 1 heterocycles. The number of carbonyl (C=O) groups excluding carboxylic acids is 1. The third-order valence-electron chi connectivity index (χ3n) is 3.62. The number of hydrogen-bond donors (Lipinski definition) is 0. The predicted molar refractivity (Wildman–Crippen MR) is 89.2 cm³/mol. The van der Waals surface area contributed by atoms with Gasteiger partial charge in [-0.2, -0.15) is 9.57 Å². The first kappa shape index (κ1) is 17.7. The van der Waals surface area contributed by atoms with E-state index in [1.807, 2.05) is 6.07 Å².